The van der Waals surface area contributed by atoms with Crippen molar-refractivity contribution in [3.05, 3.63) is 21.9 Å². The first-order valence-corrected chi connectivity index (χ1v) is 3.82. The Labute approximate surface area is 53.2 Å². The lowest BCUT2D eigenvalue weighted by Crippen LogP contribution is -1.67. The van der Waals surface area contributed by atoms with Crippen molar-refractivity contribution >= 4 is 11.3 Å². The molecule has 0 atom stereocenters. The van der Waals surface area contributed by atoms with Gasteiger partial charge in [-0.25, -0.2) is 0 Å². The largest absolute Gasteiger partial charge is 0.142 e. The van der Waals surface area contributed by atoms with Crippen LogP contribution in [0.3, 0.4) is 0 Å². The number of thiophene rings is 1. The van der Waals surface area contributed by atoms with Gasteiger partial charge >= 0.3 is 0 Å². The number of rotatable bonds is 0. The average Bonchev–Trinajstić information content (AvgIpc) is 2.15. The molecule has 0 saturated heterocycles. The topological polar surface area (TPSA) is 0 Å². The van der Waals surface area contributed by atoms with Crippen LogP contribution in [0.15, 0.2) is 5.38 Å². The van der Waals surface area contributed by atoms with Crippen LogP contribution in [0, 0.1) is 5.38 Å². The van der Waals surface area contributed by atoms with Crippen molar-refractivity contribution in [2.75, 3.05) is 0 Å². The highest BCUT2D eigenvalue weighted by Gasteiger charge is 2.09. The van der Waals surface area contributed by atoms with Crippen molar-refractivity contribution in [2.24, 2.45) is 0 Å². The summed E-state index contributed by atoms with van der Waals surface area (Å²) in [6, 6.07) is 0. The van der Waals surface area contributed by atoms with E-state index in [1.54, 1.807) is 16.9 Å². The van der Waals surface area contributed by atoms with Gasteiger partial charge in [0.05, 0.1) is 0 Å². The fourth-order valence-electron chi connectivity index (χ4n) is 1.19. The zero-order chi connectivity index (χ0) is 5.40. The van der Waals surface area contributed by atoms with Crippen molar-refractivity contribution in [1.82, 2.24) is 0 Å². The van der Waals surface area contributed by atoms with E-state index in [9.17, 15) is 0 Å². The van der Waals surface area contributed by atoms with Crippen LogP contribution >= 0.6 is 11.3 Å². The molecule has 0 nitrogen and oxygen atoms in total. The Morgan fingerprint density at radius 3 is 3.38 bits per heavy atom. The lowest BCUT2D eigenvalue weighted by Gasteiger charge is -1.78. The zero-order valence-corrected chi connectivity index (χ0v) is 5.42. The molecular formula is C7H7S. The Balaban J connectivity index is 2.54. The third-order valence-electron chi connectivity index (χ3n) is 1.64. The molecule has 41 valence electrons. The normalized spacial score (nSPS) is 16.5. The summed E-state index contributed by atoms with van der Waals surface area (Å²) in [4.78, 5) is 0. The molecule has 0 spiro atoms. The Kier molecular flexibility index (Phi) is 0.908. The predicted molar refractivity (Wildman–Crippen MR) is 35.2 cm³/mol. The van der Waals surface area contributed by atoms with E-state index in [-0.39, 0.29) is 0 Å². The van der Waals surface area contributed by atoms with E-state index >= 15 is 0 Å². The Morgan fingerprint density at radius 2 is 2.50 bits per heavy atom. The van der Waals surface area contributed by atoms with Crippen LogP contribution in [0.4, 0.5) is 0 Å². The molecule has 0 aliphatic heterocycles. The monoisotopic (exact) mass is 123 g/mol. The molecule has 1 heterocycles. The van der Waals surface area contributed by atoms with Crippen LogP contribution in [-0.4, -0.2) is 0 Å². The van der Waals surface area contributed by atoms with E-state index < -0.39 is 0 Å². The first-order valence-electron chi connectivity index (χ1n) is 2.94. The maximum absolute atomic E-state index is 3.26. The average molecular weight is 123 g/mol. The van der Waals surface area contributed by atoms with Gasteiger partial charge in [-0.05, 0) is 35.8 Å². The number of fused-ring (bicyclic) bond motifs is 1. The molecule has 1 aliphatic carbocycles. The lowest BCUT2D eigenvalue weighted by atomic mass is 10.2. The van der Waals surface area contributed by atoms with Gasteiger partial charge in [0.15, 0.2) is 0 Å². The number of hydrogen-bond acceptors (Lipinski definition) is 1. The summed E-state index contributed by atoms with van der Waals surface area (Å²) < 4.78 is 0. The van der Waals surface area contributed by atoms with Crippen molar-refractivity contribution in [2.45, 2.75) is 19.3 Å². The van der Waals surface area contributed by atoms with E-state index in [1.165, 1.54) is 24.8 Å². The van der Waals surface area contributed by atoms with Crippen LogP contribution in [-0.2, 0) is 12.8 Å². The summed E-state index contributed by atoms with van der Waals surface area (Å²) in [7, 11) is 0. The summed E-state index contributed by atoms with van der Waals surface area (Å²) in [6.07, 6.45) is 3.93. The molecule has 0 unspecified atom stereocenters. The van der Waals surface area contributed by atoms with Gasteiger partial charge in [0.25, 0.3) is 0 Å². The van der Waals surface area contributed by atoms with Crippen LogP contribution in [0.2, 0.25) is 0 Å². The molecule has 0 fully saturated rings. The zero-order valence-electron chi connectivity index (χ0n) is 4.61. The highest BCUT2D eigenvalue weighted by atomic mass is 32.1. The molecule has 1 aliphatic rings. The van der Waals surface area contributed by atoms with Crippen molar-refractivity contribution in [3.8, 4) is 0 Å². The van der Waals surface area contributed by atoms with E-state index in [2.05, 4.69) is 10.8 Å². The summed E-state index contributed by atoms with van der Waals surface area (Å²) in [5, 5.41) is 5.48. The molecule has 1 aromatic heterocycles. The fraction of sp³-hybridized carbons (Fsp3) is 0.429. The maximum Gasteiger partial charge on any atom is 0.0480 e. The summed E-state index contributed by atoms with van der Waals surface area (Å²) >= 11 is 1.72. The summed E-state index contributed by atoms with van der Waals surface area (Å²) in [6.45, 7) is 0. The van der Waals surface area contributed by atoms with Crippen LogP contribution < -0.4 is 0 Å². The Bertz CT molecular complexity index is 170. The van der Waals surface area contributed by atoms with Crippen molar-refractivity contribution in [3.63, 3.8) is 0 Å². The van der Waals surface area contributed by atoms with E-state index in [4.69, 9.17) is 0 Å². The molecule has 1 heteroatoms. The molecule has 8 heavy (non-hydrogen) atoms. The highest BCUT2D eigenvalue weighted by molar-refractivity contribution is 7.07. The Hall–Kier alpha value is -0.300. The molecule has 0 aromatic carbocycles. The van der Waals surface area contributed by atoms with Gasteiger partial charge in [-0.1, -0.05) is 0 Å². The molecule has 0 saturated carbocycles. The van der Waals surface area contributed by atoms with Crippen LogP contribution in [0.25, 0.3) is 0 Å². The van der Waals surface area contributed by atoms with Gasteiger partial charge in [0.2, 0.25) is 0 Å². The van der Waals surface area contributed by atoms with Gasteiger partial charge in [-0.2, -0.15) is 0 Å². The number of hydrogen-bond donors (Lipinski definition) is 0. The molecule has 1 radical (unpaired) electrons. The highest BCUT2D eigenvalue weighted by Crippen LogP contribution is 2.23. The van der Waals surface area contributed by atoms with Crippen LogP contribution in [0.1, 0.15) is 17.5 Å². The van der Waals surface area contributed by atoms with E-state index in [0.29, 0.717) is 0 Å². The molecule has 0 amide bonds. The van der Waals surface area contributed by atoms with Crippen LogP contribution in [0.5, 0.6) is 0 Å². The third kappa shape index (κ3) is 0.511. The smallest absolute Gasteiger partial charge is 0.0480 e. The van der Waals surface area contributed by atoms with Gasteiger partial charge in [0.1, 0.15) is 0 Å². The SMILES string of the molecule is [c]1scc2c1CCC2. The minimum Gasteiger partial charge on any atom is -0.142 e. The number of aryl methyl sites for hydroxylation is 2. The summed E-state index contributed by atoms with van der Waals surface area (Å²) in [5.41, 5.74) is 3.03. The minimum atomic E-state index is 1.28. The molecule has 1 aromatic rings. The van der Waals surface area contributed by atoms with Gasteiger partial charge in [0, 0.05) is 5.38 Å². The standard InChI is InChI=1S/C7H7S/c1-2-6-4-8-5-7(6)3-1/h4H,1-3H2. The predicted octanol–water partition coefficient (Wildman–Crippen LogP) is 2.04. The molecular weight excluding hydrogens is 116 g/mol. The van der Waals surface area contributed by atoms with Gasteiger partial charge < -0.3 is 0 Å². The van der Waals surface area contributed by atoms with Crippen molar-refractivity contribution < 1.29 is 0 Å². The fourth-order valence-corrected chi connectivity index (χ4v) is 2.02. The first-order chi connectivity index (χ1) is 3.97. The first kappa shape index (κ1) is 4.57. The second-order valence-electron chi connectivity index (χ2n) is 2.20. The molecule has 0 bridgehead atoms. The maximum atomic E-state index is 3.26. The second-order valence-corrected chi connectivity index (χ2v) is 2.87. The second kappa shape index (κ2) is 1.59. The third-order valence-corrected chi connectivity index (χ3v) is 2.41. The summed E-state index contributed by atoms with van der Waals surface area (Å²) in [5.74, 6) is 0. The molecule has 0 N–H and O–H groups in total. The van der Waals surface area contributed by atoms with E-state index in [1.807, 2.05) is 0 Å². The lowest BCUT2D eigenvalue weighted by molar-refractivity contribution is 0.911. The van der Waals surface area contributed by atoms with Gasteiger partial charge in [-0.3, -0.25) is 0 Å². The van der Waals surface area contributed by atoms with E-state index in [0.717, 1.165) is 0 Å². The minimum absolute atomic E-state index is 1.28. The Morgan fingerprint density at radius 1 is 1.50 bits per heavy atom. The van der Waals surface area contributed by atoms with Gasteiger partial charge in [-0.15, -0.1) is 11.3 Å². The molecule has 2 rings (SSSR count). The quantitative estimate of drug-likeness (QED) is 0.495. The van der Waals surface area contributed by atoms with Crippen molar-refractivity contribution in [1.29, 1.82) is 0 Å².